The molecule has 0 bridgehead atoms. The summed E-state index contributed by atoms with van der Waals surface area (Å²) in [4.78, 5) is 6.83. The summed E-state index contributed by atoms with van der Waals surface area (Å²) in [6.45, 7) is 11.9. The molecule has 3 N–H and O–H groups in total. The van der Waals surface area contributed by atoms with Crippen molar-refractivity contribution < 1.29 is 0 Å². The summed E-state index contributed by atoms with van der Waals surface area (Å²) in [6, 6.07) is 0. The van der Waals surface area contributed by atoms with Crippen LogP contribution in [0.25, 0.3) is 0 Å². The van der Waals surface area contributed by atoms with Gasteiger partial charge in [0.15, 0.2) is 5.96 Å². The van der Waals surface area contributed by atoms with Crippen LogP contribution in [0, 0.1) is 11.8 Å². The molecule has 1 aliphatic heterocycles. The Kier molecular flexibility index (Phi) is 6.34. The first kappa shape index (κ1) is 14.3. The summed E-state index contributed by atoms with van der Waals surface area (Å²) in [5.74, 6) is 1.89. The maximum absolute atomic E-state index is 5.83. The fraction of sp³-hybridized carbons (Fsp3) is 0.923. The molecule has 0 radical (unpaired) electrons. The molecule has 0 aromatic heterocycles. The Bertz CT molecular complexity index is 238. The molecule has 4 heteroatoms. The molecule has 1 aliphatic rings. The number of hydrogen-bond donors (Lipinski definition) is 2. The number of nitrogens with one attached hydrogen (secondary N) is 1. The summed E-state index contributed by atoms with van der Waals surface area (Å²) in [6.07, 6.45) is 2.62. The molecule has 1 unspecified atom stereocenters. The molecule has 0 saturated carbocycles. The van der Waals surface area contributed by atoms with E-state index in [4.69, 9.17) is 5.73 Å². The van der Waals surface area contributed by atoms with Gasteiger partial charge in [-0.25, -0.2) is 0 Å². The molecule has 0 aromatic rings. The van der Waals surface area contributed by atoms with E-state index in [0.717, 1.165) is 25.6 Å². The van der Waals surface area contributed by atoms with Gasteiger partial charge in [0.25, 0.3) is 0 Å². The molecule has 1 heterocycles. The van der Waals surface area contributed by atoms with Crippen LogP contribution in [0.5, 0.6) is 0 Å². The van der Waals surface area contributed by atoms with Crippen molar-refractivity contribution in [3.63, 3.8) is 0 Å². The zero-order valence-corrected chi connectivity index (χ0v) is 11.6. The second-order valence-electron chi connectivity index (χ2n) is 5.40. The number of aliphatic imine (C=N–C) groups is 1. The highest BCUT2D eigenvalue weighted by atomic mass is 15.1. The molecule has 17 heavy (non-hydrogen) atoms. The van der Waals surface area contributed by atoms with Gasteiger partial charge in [-0.2, -0.15) is 0 Å². The third kappa shape index (κ3) is 5.91. The van der Waals surface area contributed by atoms with Crippen molar-refractivity contribution in [2.24, 2.45) is 22.6 Å². The van der Waals surface area contributed by atoms with Crippen LogP contribution in [-0.4, -0.2) is 43.6 Å². The van der Waals surface area contributed by atoms with Gasteiger partial charge in [0.2, 0.25) is 0 Å². The van der Waals surface area contributed by atoms with Gasteiger partial charge >= 0.3 is 0 Å². The van der Waals surface area contributed by atoms with E-state index in [-0.39, 0.29) is 0 Å². The Balaban J connectivity index is 2.23. The normalized spacial score (nSPS) is 23.1. The molecule has 4 nitrogen and oxygen atoms in total. The van der Waals surface area contributed by atoms with E-state index in [1.807, 2.05) is 0 Å². The smallest absolute Gasteiger partial charge is 0.188 e. The Morgan fingerprint density at radius 1 is 1.53 bits per heavy atom. The number of rotatable bonds is 5. The maximum atomic E-state index is 5.83. The van der Waals surface area contributed by atoms with Crippen LogP contribution in [-0.2, 0) is 0 Å². The standard InChI is InChI=1S/C13H28N4/c1-4-17-7-5-6-12(10-17)9-16-13(14)15-8-11(2)3/h11-12H,4-10H2,1-3H3,(H3,14,15,16). The first-order chi connectivity index (χ1) is 8.11. The van der Waals surface area contributed by atoms with Gasteiger partial charge in [-0.1, -0.05) is 20.8 Å². The molecule has 0 spiro atoms. The van der Waals surface area contributed by atoms with E-state index >= 15 is 0 Å². The molecule has 1 atom stereocenters. The molecular formula is C13H28N4. The van der Waals surface area contributed by atoms with E-state index < -0.39 is 0 Å². The van der Waals surface area contributed by atoms with Crippen LogP contribution in [0.1, 0.15) is 33.6 Å². The van der Waals surface area contributed by atoms with Crippen LogP contribution < -0.4 is 11.1 Å². The molecule has 0 aromatic carbocycles. The van der Waals surface area contributed by atoms with Crippen LogP contribution in [0.15, 0.2) is 4.99 Å². The van der Waals surface area contributed by atoms with Crippen molar-refractivity contribution in [1.82, 2.24) is 10.2 Å². The largest absolute Gasteiger partial charge is 0.370 e. The van der Waals surface area contributed by atoms with Gasteiger partial charge in [-0.05, 0) is 37.8 Å². The quantitative estimate of drug-likeness (QED) is 0.562. The molecular weight excluding hydrogens is 212 g/mol. The average molecular weight is 240 g/mol. The Labute approximate surface area is 106 Å². The van der Waals surface area contributed by atoms with Crippen molar-refractivity contribution >= 4 is 5.96 Å². The summed E-state index contributed by atoms with van der Waals surface area (Å²) in [5.41, 5.74) is 5.83. The Hall–Kier alpha value is -0.770. The number of guanidine groups is 1. The highest BCUT2D eigenvalue weighted by molar-refractivity contribution is 5.77. The third-order valence-electron chi connectivity index (χ3n) is 3.25. The number of nitrogens with two attached hydrogens (primary N) is 1. The zero-order chi connectivity index (χ0) is 12.7. The minimum absolute atomic E-state index is 0.570. The van der Waals surface area contributed by atoms with Gasteiger partial charge in [-0.15, -0.1) is 0 Å². The van der Waals surface area contributed by atoms with Crippen LogP contribution in [0.3, 0.4) is 0 Å². The Morgan fingerprint density at radius 2 is 2.29 bits per heavy atom. The van der Waals surface area contributed by atoms with Gasteiger partial charge in [0.05, 0.1) is 0 Å². The predicted molar refractivity (Wildman–Crippen MR) is 74.2 cm³/mol. The van der Waals surface area contributed by atoms with Crippen molar-refractivity contribution in [3.8, 4) is 0 Å². The Morgan fingerprint density at radius 3 is 2.94 bits per heavy atom. The maximum Gasteiger partial charge on any atom is 0.188 e. The molecule has 0 amide bonds. The lowest BCUT2D eigenvalue weighted by atomic mass is 9.98. The van der Waals surface area contributed by atoms with Crippen LogP contribution in [0.2, 0.25) is 0 Å². The summed E-state index contributed by atoms with van der Waals surface area (Å²) < 4.78 is 0. The summed E-state index contributed by atoms with van der Waals surface area (Å²) in [5, 5.41) is 3.25. The lowest BCUT2D eigenvalue weighted by Crippen LogP contribution is -2.42. The minimum atomic E-state index is 0.570. The van der Waals surface area contributed by atoms with Crippen LogP contribution in [0.4, 0.5) is 0 Å². The highest BCUT2D eigenvalue weighted by Crippen LogP contribution is 2.14. The zero-order valence-electron chi connectivity index (χ0n) is 11.6. The van der Waals surface area contributed by atoms with E-state index in [1.54, 1.807) is 0 Å². The first-order valence-electron chi connectivity index (χ1n) is 6.88. The van der Waals surface area contributed by atoms with E-state index in [2.05, 4.69) is 36.0 Å². The minimum Gasteiger partial charge on any atom is -0.370 e. The molecule has 1 saturated heterocycles. The SMILES string of the molecule is CCN1CCCC(CNC(N)=NCC(C)C)C1. The fourth-order valence-electron chi connectivity index (χ4n) is 2.19. The third-order valence-corrected chi connectivity index (χ3v) is 3.25. The molecule has 1 fully saturated rings. The van der Waals surface area contributed by atoms with Gasteiger partial charge in [0, 0.05) is 19.6 Å². The second-order valence-corrected chi connectivity index (χ2v) is 5.40. The lowest BCUT2D eigenvalue weighted by molar-refractivity contribution is 0.183. The number of likely N-dealkylation sites (tertiary alicyclic amines) is 1. The average Bonchev–Trinajstić information content (AvgIpc) is 2.34. The second kappa shape index (κ2) is 7.54. The number of nitrogens with zero attached hydrogens (tertiary/aromatic N) is 2. The van der Waals surface area contributed by atoms with Crippen molar-refractivity contribution in [1.29, 1.82) is 0 Å². The van der Waals surface area contributed by atoms with Crippen molar-refractivity contribution in [2.75, 3.05) is 32.7 Å². The number of piperidine rings is 1. The van der Waals surface area contributed by atoms with Crippen molar-refractivity contribution in [3.05, 3.63) is 0 Å². The summed E-state index contributed by atoms with van der Waals surface area (Å²) >= 11 is 0. The van der Waals surface area contributed by atoms with Gasteiger partial charge < -0.3 is 16.0 Å². The van der Waals surface area contributed by atoms with Crippen LogP contribution >= 0.6 is 0 Å². The molecule has 0 aliphatic carbocycles. The van der Waals surface area contributed by atoms with Crippen molar-refractivity contribution in [2.45, 2.75) is 33.6 Å². The fourth-order valence-corrected chi connectivity index (χ4v) is 2.19. The molecule has 1 rings (SSSR count). The van der Waals surface area contributed by atoms with E-state index in [9.17, 15) is 0 Å². The number of hydrogen-bond acceptors (Lipinski definition) is 2. The van der Waals surface area contributed by atoms with E-state index in [0.29, 0.717) is 11.9 Å². The lowest BCUT2D eigenvalue weighted by Gasteiger charge is -2.31. The van der Waals surface area contributed by atoms with Gasteiger partial charge in [-0.3, -0.25) is 4.99 Å². The highest BCUT2D eigenvalue weighted by Gasteiger charge is 2.18. The molecule has 100 valence electrons. The first-order valence-corrected chi connectivity index (χ1v) is 6.88. The predicted octanol–water partition coefficient (Wildman–Crippen LogP) is 1.28. The van der Waals surface area contributed by atoms with E-state index in [1.165, 1.54) is 25.9 Å². The topological polar surface area (TPSA) is 53.6 Å². The summed E-state index contributed by atoms with van der Waals surface area (Å²) in [7, 11) is 0. The van der Waals surface area contributed by atoms with Gasteiger partial charge in [0.1, 0.15) is 0 Å². The monoisotopic (exact) mass is 240 g/mol.